The Morgan fingerprint density at radius 1 is 1.25 bits per heavy atom. The van der Waals surface area contributed by atoms with E-state index >= 15 is 0 Å². The summed E-state index contributed by atoms with van der Waals surface area (Å²) in [6.07, 6.45) is 0.0262. The Bertz CT molecular complexity index is 845. The Balaban J connectivity index is 1.55. The zero-order chi connectivity index (χ0) is 20.1. The average Bonchev–Trinajstić information content (AvgIpc) is 3.08. The highest BCUT2D eigenvalue weighted by atomic mass is 16.3. The Labute approximate surface area is 164 Å². The van der Waals surface area contributed by atoms with E-state index in [9.17, 15) is 15.0 Å². The van der Waals surface area contributed by atoms with Crippen LogP contribution in [0.15, 0.2) is 36.4 Å². The third kappa shape index (κ3) is 4.71. The van der Waals surface area contributed by atoms with E-state index in [0.717, 1.165) is 11.1 Å². The number of anilines is 1. The predicted octanol–water partition coefficient (Wildman–Crippen LogP) is 1.44. The van der Waals surface area contributed by atoms with Gasteiger partial charge in [0.1, 0.15) is 11.9 Å². The molecule has 2 N–H and O–H groups in total. The Hall–Kier alpha value is -2.82. The summed E-state index contributed by atoms with van der Waals surface area (Å²) in [7, 11) is 0. The molecule has 0 radical (unpaired) electrons. The highest BCUT2D eigenvalue weighted by Crippen LogP contribution is 2.25. The first-order valence-electron chi connectivity index (χ1n) is 9.38. The second-order valence-electron chi connectivity index (χ2n) is 7.37. The van der Waals surface area contributed by atoms with Crippen LogP contribution in [0, 0.1) is 17.2 Å². The summed E-state index contributed by atoms with van der Waals surface area (Å²) in [5.74, 6) is 0.606. The fraction of sp³-hybridized carbons (Fsp3) is 0.429. The van der Waals surface area contributed by atoms with Gasteiger partial charge in [-0.3, -0.25) is 4.79 Å². The summed E-state index contributed by atoms with van der Waals surface area (Å²) in [6.45, 7) is 2.97. The van der Waals surface area contributed by atoms with Crippen molar-refractivity contribution in [3.63, 3.8) is 0 Å². The van der Waals surface area contributed by atoms with Crippen molar-refractivity contribution in [3.8, 4) is 6.07 Å². The number of aromatic nitrogens is 2. The number of aliphatic hydroxyl groups is 2. The Morgan fingerprint density at radius 3 is 2.61 bits per heavy atom. The quantitative estimate of drug-likeness (QED) is 0.748. The molecule has 3 atom stereocenters. The zero-order valence-electron chi connectivity index (χ0n) is 15.8. The van der Waals surface area contributed by atoms with E-state index in [4.69, 9.17) is 5.26 Å². The number of rotatable bonds is 7. The number of benzene rings is 1. The molecular formula is C21H24N4O3. The molecule has 1 aliphatic heterocycles. The fourth-order valence-electron chi connectivity index (χ4n) is 3.46. The molecule has 1 fully saturated rings. The number of hydrogen-bond acceptors (Lipinski definition) is 7. The van der Waals surface area contributed by atoms with Crippen LogP contribution >= 0.6 is 0 Å². The van der Waals surface area contributed by atoms with Crippen molar-refractivity contribution < 1.29 is 15.0 Å². The Kier molecular flexibility index (Phi) is 6.34. The third-order valence-electron chi connectivity index (χ3n) is 5.21. The molecule has 0 amide bonds. The number of carbonyl (C=O) groups excluding carboxylic acids is 1. The van der Waals surface area contributed by atoms with E-state index in [1.54, 1.807) is 12.1 Å². The molecule has 1 saturated heterocycles. The number of hydrogen-bond donors (Lipinski definition) is 2. The first-order chi connectivity index (χ1) is 13.5. The maximum Gasteiger partial charge on any atom is 0.163 e. The van der Waals surface area contributed by atoms with Crippen molar-refractivity contribution >= 4 is 11.6 Å². The topological polar surface area (TPSA) is 110 Å². The number of nitriles is 1. The van der Waals surface area contributed by atoms with Gasteiger partial charge >= 0.3 is 0 Å². The van der Waals surface area contributed by atoms with Crippen LogP contribution in [0.3, 0.4) is 0 Å². The lowest BCUT2D eigenvalue weighted by atomic mass is 9.94. The lowest BCUT2D eigenvalue weighted by Gasteiger charge is -2.16. The minimum absolute atomic E-state index is 0.0784. The van der Waals surface area contributed by atoms with Gasteiger partial charge in [-0.25, -0.2) is 0 Å². The number of ketones is 1. The zero-order valence-corrected chi connectivity index (χ0v) is 15.8. The van der Waals surface area contributed by atoms with Crippen LogP contribution in [0.25, 0.3) is 0 Å². The van der Waals surface area contributed by atoms with Crippen LogP contribution in [0.2, 0.25) is 0 Å². The molecule has 2 aromatic rings. The summed E-state index contributed by atoms with van der Waals surface area (Å²) in [5.41, 5.74) is 2.22. The normalized spacial score (nSPS) is 20.0. The van der Waals surface area contributed by atoms with Gasteiger partial charge in [0.15, 0.2) is 11.5 Å². The second kappa shape index (κ2) is 8.91. The molecule has 0 aliphatic carbocycles. The lowest BCUT2D eigenvalue weighted by Crippen LogP contribution is -2.22. The van der Waals surface area contributed by atoms with Crippen LogP contribution in [0.4, 0.5) is 5.82 Å². The molecular weight excluding hydrogens is 356 g/mol. The molecule has 146 valence electrons. The van der Waals surface area contributed by atoms with Crippen LogP contribution in [0.1, 0.15) is 36.1 Å². The van der Waals surface area contributed by atoms with Gasteiger partial charge in [-0.2, -0.15) is 5.26 Å². The number of nitrogens with zero attached hydrogens (tertiary/aromatic N) is 4. The molecule has 2 heterocycles. The van der Waals surface area contributed by atoms with Crippen molar-refractivity contribution in [3.05, 3.63) is 53.2 Å². The highest BCUT2D eigenvalue weighted by Gasteiger charge is 2.33. The lowest BCUT2D eigenvalue weighted by molar-refractivity contribution is -0.119. The molecule has 7 heteroatoms. The third-order valence-corrected chi connectivity index (χ3v) is 5.21. The van der Waals surface area contributed by atoms with E-state index in [-0.39, 0.29) is 29.9 Å². The number of carbonyl (C=O) groups is 1. The van der Waals surface area contributed by atoms with E-state index < -0.39 is 6.10 Å². The summed E-state index contributed by atoms with van der Waals surface area (Å²) in [4.78, 5) is 14.4. The maximum atomic E-state index is 12.5. The van der Waals surface area contributed by atoms with Gasteiger partial charge in [0.05, 0.1) is 6.10 Å². The van der Waals surface area contributed by atoms with Gasteiger partial charge in [-0.05, 0) is 23.3 Å². The molecule has 0 spiro atoms. The van der Waals surface area contributed by atoms with Crippen LogP contribution in [-0.2, 0) is 11.2 Å². The van der Waals surface area contributed by atoms with Crippen LogP contribution in [0.5, 0.6) is 0 Å². The van der Waals surface area contributed by atoms with E-state index in [1.165, 1.54) is 0 Å². The summed E-state index contributed by atoms with van der Waals surface area (Å²) in [5, 5.41) is 36.2. The minimum atomic E-state index is -0.603. The second-order valence-corrected chi connectivity index (χ2v) is 7.37. The molecule has 3 rings (SSSR count). The summed E-state index contributed by atoms with van der Waals surface area (Å²) >= 11 is 0. The molecule has 1 aliphatic rings. The monoisotopic (exact) mass is 380 g/mol. The van der Waals surface area contributed by atoms with Crippen molar-refractivity contribution in [2.45, 2.75) is 31.8 Å². The first kappa shape index (κ1) is 19.9. The minimum Gasteiger partial charge on any atom is -0.396 e. The molecule has 0 bridgehead atoms. The molecule has 1 aromatic heterocycles. The summed E-state index contributed by atoms with van der Waals surface area (Å²) < 4.78 is 0. The molecule has 7 nitrogen and oxygen atoms in total. The SMILES string of the molecule is CC(CO)c1ccc(CC(=O)CC2CN(c3ccc(C#N)nn3)C[C@@H]2O)cc1. The first-order valence-corrected chi connectivity index (χ1v) is 9.38. The van der Waals surface area contributed by atoms with Crippen molar-refractivity contribution in [1.82, 2.24) is 10.2 Å². The Morgan fingerprint density at radius 2 is 2.00 bits per heavy atom. The van der Waals surface area contributed by atoms with E-state index in [1.807, 2.05) is 42.2 Å². The molecule has 28 heavy (non-hydrogen) atoms. The van der Waals surface area contributed by atoms with Gasteiger partial charge in [-0.15, -0.1) is 10.2 Å². The highest BCUT2D eigenvalue weighted by molar-refractivity contribution is 5.81. The van der Waals surface area contributed by atoms with Gasteiger partial charge in [0, 0.05) is 44.4 Å². The molecule has 1 aromatic carbocycles. The van der Waals surface area contributed by atoms with Crippen molar-refractivity contribution in [1.29, 1.82) is 5.26 Å². The van der Waals surface area contributed by atoms with Crippen LogP contribution < -0.4 is 4.90 Å². The smallest absolute Gasteiger partial charge is 0.163 e. The standard InChI is InChI=1S/C21H24N4O3/c1-14(13-26)16-4-2-15(3-5-16)8-19(27)9-17-11-25(12-20(17)28)21-7-6-18(10-22)23-24-21/h2-7,14,17,20,26,28H,8-9,11-13H2,1H3/t14?,17?,20-/m0/s1. The van der Waals surface area contributed by atoms with Crippen molar-refractivity contribution in [2.75, 3.05) is 24.6 Å². The number of β-amino-alcohol motifs (C(OH)–C–C–N with tert-alkyl or cyclic N) is 1. The van der Waals surface area contributed by atoms with E-state index in [2.05, 4.69) is 10.2 Å². The number of Topliss-reactive ketones (excluding diaryl/α,β-unsaturated/α-hetero) is 1. The molecule has 0 saturated carbocycles. The predicted molar refractivity (Wildman–Crippen MR) is 104 cm³/mol. The van der Waals surface area contributed by atoms with Crippen molar-refractivity contribution in [2.24, 2.45) is 5.92 Å². The fourth-order valence-corrected chi connectivity index (χ4v) is 3.46. The van der Waals surface area contributed by atoms with Gasteiger partial charge < -0.3 is 15.1 Å². The average molecular weight is 380 g/mol. The molecule has 2 unspecified atom stereocenters. The van der Waals surface area contributed by atoms with Gasteiger partial charge in [0.2, 0.25) is 0 Å². The van der Waals surface area contributed by atoms with Gasteiger partial charge in [0.25, 0.3) is 0 Å². The van der Waals surface area contributed by atoms with Crippen LogP contribution in [-0.4, -0.2) is 52.0 Å². The van der Waals surface area contributed by atoms with Gasteiger partial charge in [-0.1, -0.05) is 31.2 Å². The maximum absolute atomic E-state index is 12.5. The number of aliphatic hydroxyl groups excluding tert-OH is 2. The van der Waals surface area contributed by atoms with E-state index in [0.29, 0.717) is 31.7 Å². The largest absolute Gasteiger partial charge is 0.396 e. The summed E-state index contributed by atoms with van der Waals surface area (Å²) in [6, 6.07) is 13.0.